The van der Waals surface area contributed by atoms with Crippen LogP contribution in [0.4, 0.5) is 0 Å². The van der Waals surface area contributed by atoms with Crippen LogP contribution in [-0.2, 0) is 39.3 Å². The maximum atomic E-state index is 2.80. The molecule has 6 rings (SSSR count). The fourth-order valence-electron chi connectivity index (χ4n) is 23.4. The topological polar surface area (TPSA) is 38.9 Å². The van der Waals surface area contributed by atoms with E-state index >= 15 is 0 Å². The average Bonchev–Trinajstić information content (AvgIpc) is 0.832. The summed E-state index contributed by atoms with van der Waals surface area (Å²) >= 11 is 0. The molecule has 0 bridgehead atoms. The third-order valence-electron chi connectivity index (χ3n) is 31.4. The first-order valence-corrected chi connectivity index (χ1v) is 61.7. The van der Waals surface area contributed by atoms with Gasteiger partial charge in [0.15, 0.2) is 0 Å². The van der Waals surface area contributed by atoms with Crippen molar-refractivity contribution in [1.29, 1.82) is 0 Å². The Morgan fingerprint density at radius 1 is 0.154 bits per heavy atom. The minimum Gasteiger partial charge on any atom is -0.337 e. The standard InChI is InChI=1S/C28H46B2N2.C24H38B2N2.C21H48B2N2.C20H30B2N2.C18H42B2N2.C14H34B2N2/c1-5-19-29(20-6-2)31(25-27-15-11-9-12-16-27)23-24-32(30(21-7-3)22-8-4)26-28-17-13-10-14-18-28;1-5-25(6-2)27(21-23-15-11-9-12-16-23)19-20-28(26(7-3)8-4)22-24-17-13-10-14-18-24;1-11-15-22(14-4)24(20(5,6)7)18-19-25(21(8,9)10)23(16-12-2)17-13-3;1-21(2)23(17-19-11-7-5-8-12-19)15-16-24(22(3)4)18-20-13-9-6-10-14-20;1-11-19(12-2)21(17(5,6)7)15-16-22(18(8,9)10)20(13-3)14-4;1-13(2,3)17(15(7)8)11-12-18(16(9)10)14(4,5)6/h9-18H,5-8,19-26H2,1-4H3;9-18H,5-8,19-22H2,1-4H3;11-19H2,1-10H3;5-14H,15-18H2,1-4H3;11-16H2,1-10H3;11-12H2,1-10H3. The smallest absolute Gasteiger partial charge is 0.223 e. The fourth-order valence-corrected chi connectivity index (χ4v) is 23.4. The summed E-state index contributed by atoms with van der Waals surface area (Å²) in [5.74, 6) is 0. The Labute approximate surface area is 935 Å². The molecule has 0 saturated heterocycles. The van der Waals surface area contributed by atoms with Crippen LogP contribution in [0.25, 0.3) is 0 Å². The third-order valence-corrected chi connectivity index (χ3v) is 31.4. The van der Waals surface area contributed by atoms with Crippen molar-refractivity contribution >= 4 is 82.2 Å². The number of hydrogen-bond acceptors (Lipinski definition) is 12. The minimum atomic E-state index is 0.240. The molecule has 0 radical (unpaired) electrons. The summed E-state index contributed by atoms with van der Waals surface area (Å²) in [4.78, 5) is 32.3. The van der Waals surface area contributed by atoms with E-state index < -0.39 is 0 Å². The van der Waals surface area contributed by atoms with Crippen molar-refractivity contribution in [2.45, 2.75) is 509 Å². The fraction of sp³-hybridized carbons (Fsp3) is 0.712. The molecule has 6 aromatic carbocycles. The average molecular weight is 2040 g/mol. The number of rotatable bonds is 65. The monoisotopic (exact) mass is 2040 g/mol. The van der Waals surface area contributed by atoms with E-state index in [1.165, 1.54) is 206 Å². The third kappa shape index (κ3) is 59.2. The zero-order chi connectivity index (χ0) is 113. The molecule has 0 aliphatic carbocycles. The lowest BCUT2D eigenvalue weighted by atomic mass is 9.51. The van der Waals surface area contributed by atoms with Gasteiger partial charge in [0.2, 0.25) is 82.2 Å². The summed E-state index contributed by atoms with van der Waals surface area (Å²) in [5.41, 5.74) is 9.98. The van der Waals surface area contributed by atoms with Gasteiger partial charge in [-0.05, 0) is 237 Å². The molecule has 0 aliphatic heterocycles. The highest BCUT2D eigenvalue weighted by atomic mass is 15.2. The van der Waals surface area contributed by atoms with E-state index in [-0.39, 0.29) is 33.2 Å². The van der Waals surface area contributed by atoms with Crippen molar-refractivity contribution < 1.29 is 0 Å². The van der Waals surface area contributed by atoms with E-state index in [0.717, 1.165) is 98.5 Å². The molecular weight excluding hydrogens is 1800 g/mol. The van der Waals surface area contributed by atoms with Gasteiger partial charge in [0.1, 0.15) is 0 Å². The quantitative estimate of drug-likeness (QED) is 0.0342. The summed E-state index contributed by atoms with van der Waals surface area (Å²) in [5, 5.41) is 0. The predicted octanol–water partition coefficient (Wildman–Crippen LogP) is 33.5. The minimum absolute atomic E-state index is 0.240. The zero-order valence-corrected chi connectivity index (χ0v) is 107. The largest absolute Gasteiger partial charge is 0.337 e. The van der Waals surface area contributed by atoms with Crippen molar-refractivity contribution in [2.24, 2.45) is 0 Å². The Bertz CT molecular complexity index is 3820. The van der Waals surface area contributed by atoms with Crippen molar-refractivity contribution in [3.8, 4) is 0 Å². The van der Waals surface area contributed by atoms with Crippen LogP contribution in [-0.4, -0.2) is 252 Å². The molecule has 0 amide bonds. The van der Waals surface area contributed by atoms with E-state index in [1.807, 2.05) is 0 Å². The summed E-state index contributed by atoms with van der Waals surface area (Å²) < 4.78 is 0. The predicted molar refractivity (Wildman–Crippen MR) is 696 cm³/mol. The molecule has 0 fully saturated rings. The van der Waals surface area contributed by atoms with Gasteiger partial charge in [-0.15, -0.1) is 0 Å². The Kier molecular flexibility index (Phi) is 75.4. The number of benzene rings is 6. The van der Waals surface area contributed by atoms with E-state index in [4.69, 9.17) is 0 Å². The Hall–Kier alpha value is -4.38. The van der Waals surface area contributed by atoms with Crippen molar-refractivity contribution in [3.63, 3.8) is 0 Å². The first-order valence-electron chi connectivity index (χ1n) is 61.7. The maximum absolute atomic E-state index is 2.80. The van der Waals surface area contributed by atoms with Crippen LogP contribution in [0.5, 0.6) is 0 Å². The Morgan fingerprint density at radius 3 is 0.470 bits per heavy atom. The van der Waals surface area contributed by atoms with Crippen molar-refractivity contribution in [2.75, 3.05) is 78.5 Å². The van der Waals surface area contributed by atoms with Crippen LogP contribution < -0.4 is 0 Å². The van der Waals surface area contributed by atoms with Crippen LogP contribution >= 0.6 is 0 Å². The van der Waals surface area contributed by atoms with Crippen LogP contribution in [0.2, 0.25) is 156 Å². The van der Waals surface area contributed by atoms with Crippen LogP contribution in [0, 0.1) is 0 Å². The second kappa shape index (κ2) is 78.7. The van der Waals surface area contributed by atoms with Crippen LogP contribution in [0.15, 0.2) is 182 Å². The molecule has 6 aromatic rings. The molecule has 0 aromatic heterocycles. The van der Waals surface area contributed by atoms with E-state index in [0.29, 0.717) is 75.3 Å². The molecule has 0 heterocycles. The number of nitrogens with zero attached hydrogens (tertiary/aromatic N) is 12. The Balaban J connectivity index is 0.000000902. The van der Waals surface area contributed by atoms with Crippen molar-refractivity contribution in [3.05, 3.63) is 215 Å². The maximum Gasteiger partial charge on any atom is 0.223 e. The molecule has 0 spiro atoms. The molecule has 0 N–H and O–H groups in total. The van der Waals surface area contributed by atoms with Gasteiger partial charge >= 0.3 is 0 Å². The molecule has 0 aliphatic rings. The second-order valence-electron chi connectivity index (χ2n) is 50.7. The number of hydrogen-bond donors (Lipinski definition) is 0. The van der Waals surface area contributed by atoms with Crippen molar-refractivity contribution in [1.82, 2.24) is 57.7 Å². The van der Waals surface area contributed by atoms with Gasteiger partial charge in [0, 0.05) is 72.5 Å². The Morgan fingerprint density at radius 2 is 0.302 bits per heavy atom. The first-order chi connectivity index (χ1) is 70.4. The molecule has 834 valence electrons. The summed E-state index contributed by atoms with van der Waals surface area (Å²) in [6.45, 7) is 126. The van der Waals surface area contributed by atoms with Crippen LogP contribution in [0.3, 0.4) is 0 Å². The van der Waals surface area contributed by atoms with Gasteiger partial charge < -0.3 is 57.7 Å². The SMILES string of the molecule is CB(C)N(CCN(B(C)C)C(C)(C)C)C(C)(C)C.CB(C)N(CCN(Cc1ccccc1)B(C)C)Cc1ccccc1.CCB(CC)N(CCN(B(CC)CC)C(C)(C)C)C(C)(C)C.CCB(CC)N(CCN(Cc1ccccc1)B(CC)CC)Cc1ccccc1.CCCB(CC)N(CCN(B(CCC)CCC)C(C)(C)C)C(C)(C)C.CCCB(CCC)N(CCN(Cc1ccccc1)B(CCC)CCC)Cc1ccccc1. The van der Waals surface area contributed by atoms with Gasteiger partial charge in [-0.3, -0.25) is 0 Å². The second-order valence-corrected chi connectivity index (χ2v) is 50.7. The summed E-state index contributed by atoms with van der Waals surface area (Å²) in [7, 11) is 0. The molecule has 12 nitrogen and oxygen atoms in total. The van der Waals surface area contributed by atoms with Gasteiger partial charge in [0.25, 0.3) is 0 Å². The zero-order valence-electron chi connectivity index (χ0n) is 107. The molecule has 0 unspecified atom stereocenters. The lowest BCUT2D eigenvalue weighted by molar-refractivity contribution is 0.186. The highest BCUT2D eigenvalue weighted by Crippen LogP contribution is 2.30. The molecule has 0 atom stereocenters. The molecular formula is C125H238B12N12. The van der Waals surface area contributed by atoms with Crippen LogP contribution in [0.1, 0.15) is 314 Å². The normalized spacial score (nSPS) is 12.0. The van der Waals surface area contributed by atoms with Gasteiger partial charge in [-0.2, -0.15) is 0 Å². The van der Waals surface area contributed by atoms with Gasteiger partial charge in [0.05, 0.1) is 0 Å². The van der Waals surface area contributed by atoms with E-state index in [9.17, 15) is 0 Å². The van der Waals surface area contributed by atoms with E-state index in [2.05, 4.69) is 530 Å². The lowest BCUT2D eigenvalue weighted by Crippen LogP contribution is -2.57. The van der Waals surface area contributed by atoms with Gasteiger partial charge in [-0.1, -0.05) is 493 Å². The highest BCUT2D eigenvalue weighted by molar-refractivity contribution is 6.59. The summed E-state index contributed by atoms with van der Waals surface area (Å²) in [6, 6.07) is 65.6. The van der Waals surface area contributed by atoms with E-state index in [1.54, 1.807) is 0 Å². The lowest BCUT2D eigenvalue weighted by Gasteiger charge is -2.46. The first kappa shape index (κ1) is 143. The molecule has 0 saturated carbocycles. The molecule has 149 heavy (non-hydrogen) atoms. The van der Waals surface area contributed by atoms with Gasteiger partial charge in [-0.25, -0.2) is 0 Å². The highest BCUT2D eigenvalue weighted by Gasteiger charge is 2.39. The summed E-state index contributed by atoms with van der Waals surface area (Å²) in [6.07, 6.45) is 29.2. The molecule has 24 heteroatoms.